The van der Waals surface area contributed by atoms with E-state index in [0.29, 0.717) is 25.9 Å². The Bertz CT molecular complexity index is 817. The molecular weight excluding hydrogens is 390 g/mol. The standard InChI is InChI=1S/C25H35N3O3/c1-4-30-23-10-8-20(9-11-23)18-28(3)25(26-2)27-17-21-6-5-7-22(16-21)19-31-24-12-14-29-15-13-24/h5-11,16,24H,4,12-15,17-19H2,1-3H3,(H,26,27). The minimum atomic E-state index is 0.311. The Balaban J connectivity index is 1.49. The van der Waals surface area contributed by atoms with E-state index in [9.17, 15) is 0 Å². The Hall–Kier alpha value is -2.57. The van der Waals surface area contributed by atoms with Crippen LogP contribution in [0.5, 0.6) is 5.75 Å². The predicted molar refractivity (Wildman–Crippen MR) is 124 cm³/mol. The molecule has 1 fully saturated rings. The van der Waals surface area contributed by atoms with E-state index in [2.05, 4.69) is 51.6 Å². The summed E-state index contributed by atoms with van der Waals surface area (Å²) in [5, 5.41) is 3.46. The first-order valence-electron chi connectivity index (χ1n) is 11.1. The number of guanidine groups is 1. The summed E-state index contributed by atoms with van der Waals surface area (Å²) in [6.07, 6.45) is 2.28. The van der Waals surface area contributed by atoms with Crippen LogP contribution in [0.2, 0.25) is 0 Å². The molecule has 1 N–H and O–H groups in total. The molecule has 0 spiro atoms. The van der Waals surface area contributed by atoms with Crippen LogP contribution >= 0.6 is 0 Å². The average Bonchev–Trinajstić information content (AvgIpc) is 2.80. The Labute approximate surface area is 186 Å². The summed E-state index contributed by atoms with van der Waals surface area (Å²) < 4.78 is 17.0. The van der Waals surface area contributed by atoms with E-state index >= 15 is 0 Å². The van der Waals surface area contributed by atoms with Crippen LogP contribution in [0.25, 0.3) is 0 Å². The van der Waals surface area contributed by atoms with E-state index in [4.69, 9.17) is 14.2 Å². The molecule has 0 radical (unpaired) electrons. The third-order valence-corrected chi connectivity index (χ3v) is 5.32. The molecule has 3 rings (SSSR count). The number of hydrogen-bond acceptors (Lipinski definition) is 4. The van der Waals surface area contributed by atoms with Crippen LogP contribution in [-0.2, 0) is 29.2 Å². The predicted octanol–water partition coefficient (Wildman–Crippen LogP) is 3.99. The zero-order valence-corrected chi connectivity index (χ0v) is 19.0. The SMILES string of the molecule is CCOc1ccc(CN(C)C(=NC)NCc2cccc(COC3CCOCC3)c2)cc1. The van der Waals surface area contributed by atoms with Gasteiger partial charge < -0.3 is 24.4 Å². The quantitative estimate of drug-likeness (QED) is 0.486. The maximum Gasteiger partial charge on any atom is 0.193 e. The third kappa shape index (κ3) is 7.56. The highest BCUT2D eigenvalue weighted by atomic mass is 16.5. The maximum absolute atomic E-state index is 6.06. The highest BCUT2D eigenvalue weighted by Crippen LogP contribution is 2.15. The van der Waals surface area contributed by atoms with Gasteiger partial charge in [-0.1, -0.05) is 36.4 Å². The summed E-state index contributed by atoms with van der Waals surface area (Å²) in [6, 6.07) is 16.7. The second-order valence-electron chi connectivity index (χ2n) is 7.78. The van der Waals surface area contributed by atoms with Crippen molar-refractivity contribution < 1.29 is 14.2 Å². The Kier molecular flexibility index (Phi) is 9.18. The molecule has 0 aromatic heterocycles. The van der Waals surface area contributed by atoms with Crippen LogP contribution in [-0.4, -0.2) is 50.9 Å². The summed E-state index contributed by atoms with van der Waals surface area (Å²) in [5.74, 6) is 1.76. The molecule has 0 atom stereocenters. The monoisotopic (exact) mass is 425 g/mol. The number of nitrogens with zero attached hydrogens (tertiary/aromatic N) is 2. The van der Waals surface area contributed by atoms with E-state index in [1.807, 2.05) is 33.2 Å². The molecule has 1 aliphatic heterocycles. The van der Waals surface area contributed by atoms with Crippen LogP contribution in [0.15, 0.2) is 53.5 Å². The topological polar surface area (TPSA) is 55.3 Å². The van der Waals surface area contributed by atoms with E-state index in [-0.39, 0.29) is 0 Å². The van der Waals surface area contributed by atoms with Crippen molar-refractivity contribution in [3.05, 3.63) is 65.2 Å². The molecule has 0 unspecified atom stereocenters. The van der Waals surface area contributed by atoms with E-state index in [1.54, 1.807) is 0 Å². The molecule has 2 aromatic carbocycles. The van der Waals surface area contributed by atoms with Gasteiger partial charge in [-0.15, -0.1) is 0 Å². The lowest BCUT2D eigenvalue weighted by Crippen LogP contribution is -2.38. The van der Waals surface area contributed by atoms with Crippen molar-refractivity contribution in [1.82, 2.24) is 10.2 Å². The number of aliphatic imine (C=N–C) groups is 1. The molecule has 0 aliphatic carbocycles. The van der Waals surface area contributed by atoms with Crippen molar-refractivity contribution >= 4 is 5.96 Å². The van der Waals surface area contributed by atoms with E-state index < -0.39 is 0 Å². The second kappa shape index (κ2) is 12.3. The van der Waals surface area contributed by atoms with Crippen molar-refractivity contribution in [2.45, 2.75) is 45.6 Å². The molecule has 0 amide bonds. The van der Waals surface area contributed by atoms with Gasteiger partial charge in [0.25, 0.3) is 0 Å². The first kappa shape index (κ1) is 23.1. The molecule has 168 valence electrons. The minimum absolute atomic E-state index is 0.311. The normalized spacial score (nSPS) is 15.0. The molecule has 2 aromatic rings. The molecule has 0 bridgehead atoms. The van der Waals surface area contributed by atoms with Gasteiger partial charge in [0.15, 0.2) is 5.96 Å². The van der Waals surface area contributed by atoms with E-state index in [0.717, 1.165) is 44.3 Å². The minimum Gasteiger partial charge on any atom is -0.494 e. The maximum atomic E-state index is 6.06. The van der Waals surface area contributed by atoms with Crippen molar-refractivity contribution in [2.75, 3.05) is 33.9 Å². The van der Waals surface area contributed by atoms with Crippen LogP contribution in [0.3, 0.4) is 0 Å². The largest absolute Gasteiger partial charge is 0.494 e. The van der Waals surface area contributed by atoms with Crippen molar-refractivity contribution in [2.24, 2.45) is 4.99 Å². The van der Waals surface area contributed by atoms with Gasteiger partial charge in [0, 0.05) is 40.4 Å². The van der Waals surface area contributed by atoms with Gasteiger partial charge >= 0.3 is 0 Å². The fourth-order valence-corrected chi connectivity index (χ4v) is 3.66. The fourth-order valence-electron chi connectivity index (χ4n) is 3.66. The summed E-state index contributed by atoms with van der Waals surface area (Å²) >= 11 is 0. The molecular formula is C25H35N3O3. The average molecular weight is 426 g/mol. The molecule has 0 saturated carbocycles. The molecule has 1 aliphatic rings. The van der Waals surface area contributed by atoms with Gasteiger partial charge in [0.05, 0.1) is 19.3 Å². The second-order valence-corrected chi connectivity index (χ2v) is 7.78. The van der Waals surface area contributed by atoms with Crippen molar-refractivity contribution in [3.63, 3.8) is 0 Å². The van der Waals surface area contributed by atoms with Crippen LogP contribution < -0.4 is 10.1 Å². The lowest BCUT2D eigenvalue weighted by Gasteiger charge is -2.23. The number of nitrogens with one attached hydrogen (secondary N) is 1. The Morgan fingerprint density at radius 3 is 2.55 bits per heavy atom. The van der Waals surface area contributed by atoms with Gasteiger partial charge in [-0.2, -0.15) is 0 Å². The van der Waals surface area contributed by atoms with E-state index in [1.165, 1.54) is 16.7 Å². The smallest absolute Gasteiger partial charge is 0.193 e. The number of rotatable bonds is 9. The van der Waals surface area contributed by atoms with Crippen molar-refractivity contribution in [1.29, 1.82) is 0 Å². The zero-order chi connectivity index (χ0) is 21.9. The Morgan fingerprint density at radius 2 is 1.84 bits per heavy atom. The third-order valence-electron chi connectivity index (χ3n) is 5.32. The lowest BCUT2D eigenvalue weighted by molar-refractivity contribution is -0.0390. The van der Waals surface area contributed by atoms with Gasteiger partial charge in [-0.25, -0.2) is 0 Å². The highest BCUT2D eigenvalue weighted by molar-refractivity contribution is 5.79. The summed E-state index contributed by atoms with van der Waals surface area (Å²) in [7, 11) is 3.86. The van der Waals surface area contributed by atoms with Gasteiger partial charge in [-0.05, 0) is 48.6 Å². The molecule has 6 nitrogen and oxygen atoms in total. The molecule has 1 saturated heterocycles. The molecule has 6 heteroatoms. The van der Waals surface area contributed by atoms with Crippen LogP contribution in [0.1, 0.15) is 36.5 Å². The first-order valence-corrected chi connectivity index (χ1v) is 11.1. The van der Waals surface area contributed by atoms with Gasteiger partial charge in [0.2, 0.25) is 0 Å². The number of ether oxygens (including phenoxy) is 3. The zero-order valence-electron chi connectivity index (χ0n) is 19.0. The van der Waals surface area contributed by atoms with Crippen LogP contribution in [0.4, 0.5) is 0 Å². The van der Waals surface area contributed by atoms with Crippen molar-refractivity contribution in [3.8, 4) is 5.75 Å². The summed E-state index contributed by atoms with van der Waals surface area (Å²) in [6.45, 7) is 6.40. The van der Waals surface area contributed by atoms with Crippen LogP contribution in [0, 0.1) is 0 Å². The summed E-state index contributed by atoms with van der Waals surface area (Å²) in [4.78, 5) is 6.56. The molecule has 1 heterocycles. The summed E-state index contributed by atoms with van der Waals surface area (Å²) in [5.41, 5.74) is 3.62. The number of benzene rings is 2. The fraction of sp³-hybridized carbons (Fsp3) is 0.480. The van der Waals surface area contributed by atoms with Gasteiger partial charge in [-0.3, -0.25) is 4.99 Å². The molecule has 31 heavy (non-hydrogen) atoms. The number of hydrogen-bond donors (Lipinski definition) is 1. The lowest BCUT2D eigenvalue weighted by atomic mass is 10.1. The van der Waals surface area contributed by atoms with Gasteiger partial charge in [0.1, 0.15) is 5.75 Å². The Morgan fingerprint density at radius 1 is 1.10 bits per heavy atom. The highest BCUT2D eigenvalue weighted by Gasteiger charge is 2.14. The first-order chi connectivity index (χ1) is 15.2.